The number of aromatic nitrogens is 3. The molecule has 3 aromatic rings. The zero-order chi connectivity index (χ0) is 13.4. The highest BCUT2D eigenvalue weighted by molar-refractivity contribution is 6.17. The van der Waals surface area contributed by atoms with Gasteiger partial charge in [-0.3, -0.25) is 9.55 Å². The second-order valence-electron chi connectivity index (χ2n) is 4.68. The normalized spacial score (nSPS) is 11.1. The maximum Gasteiger partial charge on any atom is 0.100 e. The minimum absolute atomic E-state index is 0.438. The molecule has 96 valence electrons. The van der Waals surface area contributed by atoms with E-state index in [1.165, 1.54) is 11.1 Å². The highest BCUT2D eigenvalue weighted by Gasteiger charge is 2.09. The summed E-state index contributed by atoms with van der Waals surface area (Å²) in [7, 11) is 0. The van der Waals surface area contributed by atoms with E-state index in [2.05, 4.69) is 40.5 Å². The lowest BCUT2D eigenvalue weighted by molar-refractivity contribution is 1.05. The summed E-state index contributed by atoms with van der Waals surface area (Å²) in [6, 6.07) is 6.24. The first-order valence-corrected chi connectivity index (χ1v) is 6.67. The van der Waals surface area contributed by atoms with Gasteiger partial charge >= 0.3 is 0 Å². The van der Waals surface area contributed by atoms with Gasteiger partial charge in [-0.2, -0.15) is 0 Å². The first-order valence-electron chi connectivity index (χ1n) is 6.14. The molecule has 19 heavy (non-hydrogen) atoms. The summed E-state index contributed by atoms with van der Waals surface area (Å²) < 4.78 is 2.07. The maximum absolute atomic E-state index is 5.98. The largest absolute Gasteiger partial charge is 0.298 e. The molecule has 4 heteroatoms. The molecule has 0 saturated heterocycles. The molecule has 0 radical (unpaired) electrons. The van der Waals surface area contributed by atoms with Gasteiger partial charge in [-0.15, -0.1) is 11.6 Å². The zero-order valence-corrected chi connectivity index (χ0v) is 11.6. The summed E-state index contributed by atoms with van der Waals surface area (Å²) in [6.45, 7) is 4.21. The predicted molar refractivity (Wildman–Crippen MR) is 77.9 cm³/mol. The van der Waals surface area contributed by atoms with Crippen molar-refractivity contribution in [2.24, 2.45) is 0 Å². The predicted octanol–water partition coefficient (Wildman–Crippen LogP) is 3.78. The second-order valence-corrected chi connectivity index (χ2v) is 4.95. The van der Waals surface area contributed by atoms with Crippen molar-refractivity contribution in [2.75, 3.05) is 0 Å². The zero-order valence-electron chi connectivity index (χ0n) is 10.9. The van der Waals surface area contributed by atoms with Crippen LogP contribution in [0.5, 0.6) is 0 Å². The van der Waals surface area contributed by atoms with E-state index in [9.17, 15) is 0 Å². The number of benzene rings is 1. The number of halogens is 1. The minimum Gasteiger partial charge on any atom is -0.298 e. The lowest BCUT2D eigenvalue weighted by Gasteiger charge is -2.09. The standard InChI is InChI=1S/C15H14ClN3/c1-10-5-13-15(6-11(10)2)19(9-18-13)14-3-4-17-8-12(14)7-16/h3-6,8-9H,7H2,1-2H3. The molecule has 0 aliphatic heterocycles. The Balaban J connectivity index is 2.28. The quantitative estimate of drug-likeness (QED) is 0.664. The van der Waals surface area contributed by atoms with E-state index in [-0.39, 0.29) is 0 Å². The molecule has 0 spiro atoms. The average molecular weight is 272 g/mol. The summed E-state index contributed by atoms with van der Waals surface area (Å²) in [6.07, 6.45) is 5.42. The fourth-order valence-corrected chi connectivity index (χ4v) is 2.42. The van der Waals surface area contributed by atoms with Crippen molar-refractivity contribution in [1.29, 1.82) is 0 Å². The summed E-state index contributed by atoms with van der Waals surface area (Å²) in [4.78, 5) is 8.59. The Bertz CT molecular complexity index is 746. The number of pyridine rings is 1. The molecular weight excluding hydrogens is 258 g/mol. The van der Waals surface area contributed by atoms with Crippen LogP contribution in [0.3, 0.4) is 0 Å². The molecule has 0 fully saturated rings. The van der Waals surface area contributed by atoms with E-state index in [1.807, 2.05) is 12.4 Å². The van der Waals surface area contributed by atoms with Crippen molar-refractivity contribution in [1.82, 2.24) is 14.5 Å². The molecule has 0 unspecified atom stereocenters. The molecule has 0 aliphatic rings. The minimum atomic E-state index is 0.438. The summed E-state index contributed by atoms with van der Waals surface area (Å²) in [5.41, 5.74) is 6.65. The molecule has 0 bridgehead atoms. The van der Waals surface area contributed by atoms with Crippen LogP contribution >= 0.6 is 11.6 Å². The van der Waals surface area contributed by atoms with Gasteiger partial charge in [-0.1, -0.05) is 0 Å². The second kappa shape index (κ2) is 4.67. The van der Waals surface area contributed by atoms with E-state index in [1.54, 1.807) is 12.4 Å². The van der Waals surface area contributed by atoms with Crippen LogP contribution in [0.15, 0.2) is 36.9 Å². The fraction of sp³-hybridized carbons (Fsp3) is 0.200. The Morgan fingerprint density at radius 3 is 2.79 bits per heavy atom. The molecule has 0 N–H and O–H groups in total. The van der Waals surface area contributed by atoms with Gasteiger partial charge in [-0.05, 0) is 43.2 Å². The number of rotatable bonds is 2. The van der Waals surface area contributed by atoms with E-state index in [0.29, 0.717) is 5.88 Å². The van der Waals surface area contributed by atoms with Crippen molar-refractivity contribution in [3.8, 4) is 5.69 Å². The average Bonchev–Trinajstić information content (AvgIpc) is 2.82. The first kappa shape index (κ1) is 12.2. The van der Waals surface area contributed by atoms with E-state index < -0.39 is 0 Å². The third-order valence-corrected chi connectivity index (χ3v) is 3.73. The van der Waals surface area contributed by atoms with Crippen molar-refractivity contribution >= 4 is 22.6 Å². The van der Waals surface area contributed by atoms with Crippen molar-refractivity contribution < 1.29 is 0 Å². The van der Waals surface area contributed by atoms with Gasteiger partial charge in [0.25, 0.3) is 0 Å². The molecule has 3 rings (SSSR count). The highest BCUT2D eigenvalue weighted by atomic mass is 35.5. The van der Waals surface area contributed by atoms with Gasteiger partial charge in [0.05, 0.1) is 22.6 Å². The molecule has 0 aliphatic carbocycles. The Kier molecular flexibility index (Phi) is 2.99. The smallest absolute Gasteiger partial charge is 0.100 e. The number of hydrogen-bond acceptors (Lipinski definition) is 2. The summed E-state index contributed by atoms with van der Waals surface area (Å²) in [5, 5.41) is 0. The number of fused-ring (bicyclic) bond motifs is 1. The molecule has 0 amide bonds. The topological polar surface area (TPSA) is 30.7 Å². The van der Waals surface area contributed by atoms with Gasteiger partial charge in [-0.25, -0.2) is 4.98 Å². The number of hydrogen-bond donors (Lipinski definition) is 0. The SMILES string of the molecule is Cc1cc2ncn(-c3ccncc3CCl)c2cc1C. The van der Waals surface area contributed by atoms with Gasteiger partial charge in [0.1, 0.15) is 6.33 Å². The third-order valence-electron chi connectivity index (χ3n) is 3.44. The van der Waals surface area contributed by atoms with Crippen LogP contribution in [0, 0.1) is 13.8 Å². The van der Waals surface area contributed by atoms with Crippen LogP contribution in [0.25, 0.3) is 16.7 Å². The van der Waals surface area contributed by atoms with E-state index in [4.69, 9.17) is 11.6 Å². The number of nitrogens with zero attached hydrogens (tertiary/aromatic N) is 3. The molecule has 0 saturated carbocycles. The fourth-order valence-electron chi connectivity index (χ4n) is 2.21. The summed E-state index contributed by atoms with van der Waals surface area (Å²) >= 11 is 5.98. The van der Waals surface area contributed by atoms with E-state index >= 15 is 0 Å². The first-order chi connectivity index (χ1) is 9.20. The molecule has 3 nitrogen and oxygen atoms in total. The lowest BCUT2D eigenvalue weighted by Crippen LogP contribution is -1.98. The highest BCUT2D eigenvalue weighted by Crippen LogP contribution is 2.24. The summed E-state index contributed by atoms with van der Waals surface area (Å²) in [5.74, 6) is 0.438. The van der Waals surface area contributed by atoms with Crippen LogP contribution in [0.4, 0.5) is 0 Å². The Morgan fingerprint density at radius 1 is 1.21 bits per heavy atom. The molecule has 2 aromatic heterocycles. The van der Waals surface area contributed by atoms with Gasteiger partial charge in [0.2, 0.25) is 0 Å². The van der Waals surface area contributed by atoms with Crippen LogP contribution in [-0.2, 0) is 5.88 Å². The van der Waals surface area contributed by atoms with Gasteiger partial charge in [0.15, 0.2) is 0 Å². The van der Waals surface area contributed by atoms with Crippen molar-refractivity contribution in [3.63, 3.8) is 0 Å². The Labute approximate surface area is 116 Å². The van der Waals surface area contributed by atoms with Crippen LogP contribution in [0.2, 0.25) is 0 Å². The number of alkyl halides is 1. The van der Waals surface area contributed by atoms with Crippen molar-refractivity contribution in [2.45, 2.75) is 19.7 Å². The van der Waals surface area contributed by atoms with E-state index in [0.717, 1.165) is 22.3 Å². The van der Waals surface area contributed by atoms with Gasteiger partial charge in [0, 0.05) is 18.0 Å². The molecule has 2 heterocycles. The molecule has 1 aromatic carbocycles. The number of aryl methyl sites for hydroxylation is 2. The van der Waals surface area contributed by atoms with Crippen LogP contribution in [0.1, 0.15) is 16.7 Å². The molecule has 0 atom stereocenters. The lowest BCUT2D eigenvalue weighted by atomic mass is 10.1. The van der Waals surface area contributed by atoms with Crippen LogP contribution < -0.4 is 0 Å². The Morgan fingerprint density at radius 2 is 2.00 bits per heavy atom. The van der Waals surface area contributed by atoms with Crippen molar-refractivity contribution in [3.05, 3.63) is 53.6 Å². The molecular formula is C15H14ClN3. The van der Waals surface area contributed by atoms with Crippen LogP contribution in [-0.4, -0.2) is 14.5 Å². The maximum atomic E-state index is 5.98. The van der Waals surface area contributed by atoms with Gasteiger partial charge < -0.3 is 0 Å². The monoisotopic (exact) mass is 271 g/mol. The third kappa shape index (κ3) is 2.00. The number of imidazole rings is 1. The Hall–Kier alpha value is -1.87.